The van der Waals surface area contributed by atoms with Crippen LogP contribution in [0.2, 0.25) is 0 Å². The second-order valence-electron chi connectivity index (χ2n) is 10.4. The van der Waals surface area contributed by atoms with Gasteiger partial charge in [0, 0.05) is 25.1 Å². The molecular weight excluding hydrogens is 440 g/mol. The van der Waals surface area contributed by atoms with Gasteiger partial charge in [0.25, 0.3) is 0 Å². The number of aromatic nitrogens is 2. The van der Waals surface area contributed by atoms with Crippen molar-refractivity contribution in [1.29, 1.82) is 0 Å². The molecule has 1 aliphatic heterocycles. The molecule has 0 atom stereocenters. The van der Waals surface area contributed by atoms with E-state index in [9.17, 15) is 4.79 Å². The maximum atomic E-state index is 13.0. The normalized spacial score (nSPS) is 15.2. The zero-order chi connectivity index (χ0) is 25.0. The van der Waals surface area contributed by atoms with E-state index in [4.69, 9.17) is 9.26 Å². The third kappa shape index (κ3) is 6.28. The van der Waals surface area contributed by atoms with Crippen molar-refractivity contribution >= 4 is 5.91 Å². The SMILES string of the molecule is COc1ccc(CN(C)C(=O)C2CCN(Cc3nc(-c4ccc(C(C)(C)C)cc4)no3)CC2)cc1. The van der Waals surface area contributed by atoms with E-state index in [2.05, 4.69) is 60.1 Å². The number of carbonyl (C=O) groups excluding carboxylic acids is 1. The van der Waals surface area contributed by atoms with E-state index < -0.39 is 0 Å². The van der Waals surface area contributed by atoms with Gasteiger partial charge in [-0.2, -0.15) is 4.98 Å². The predicted molar refractivity (Wildman–Crippen MR) is 136 cm³/mol. The quantitative estimate of drug-likeness (QED) is 0.482. The van der Waals surface area contributed by atoms with Gasteiger partial charge in [0.05, 0.1) is 13.7 Å². The molecule has 3 aromatic rings. The number of likely N-dealkylation sites (tertiary alicyclic amines) is 1. The number of benzene rings is 2. The number of nitrogens with zero attached hydrogens (tertiary/aromatic N) is 4. The van der Waals surface area contributed by atoms with Crippen molar-refractivity contribution in [3.8, 4) is 17.1 Å². The van der Waals surface area contributed by atoms with Crippen LogP contribution < -0.4 is 4.74 Å². The summed E-state index contributed by atoms with van der Waals surface area (Å²) in [4.78, 5) is 21.7. The van der Waals surface area contributed by atoms with Crippen LogP contribution in [0.4, 0.5) is 0 Å². The van der Waals surface area contributed by atoms with Crippen molar-refractivity contribution in [3.63, 3.8) is 0 Å². The standard InChI is InChI=1S/C28H36N4O3/c1-28(2,3)23-10-8-21(9-11-23)26-29-25(35-30-26)19-32-16-14-22(15-17-32)27(33)31(4)18-20-6-12-24(34-5)13-7-20/h6-13,22H,14-19H2,1-5H3. The summed E-state index contributed by atoms with van der Waals surface area (Å²) in [6.45, 7) is 9.48. The Morgan fingerprint density at radius 1 is 1.09 bits per heavy atom. The van der Waals surface area contributed by atoms with E-state index in [1.807, 2.05) is 36.2 Å². The van der Waals surface area contributed by atoms with Crippen LogP contribution in [0.1, 0.15) is 50.6 Å². The average Bonchev–Trinajstić information content (AvgIpc) is 3.32. The number of piperidine rings is 1. The minimum atomic E-state index is 0.0501. The monoisotopic (exact) mass is 476 g/mol. The number of methoxy groups -OCH3 is 1. The van der Waals surface area contributed by atoms with Gasteiger partial charge < -0.3 is 14.2 Å². The van der Waals surface area contributed by atoms with E-state index in [1.165, 1.54) is 5.56 Å². The lowest BCUT2D eigenvalue weighted by molar-refractivity contribution is -0.136. The number of rotatable bonds is 7. The highest BCUT2D eigenvalue weighted by Gasteiger charge is 2.28. The summed E-state index contributed by atoms with van der Waals surface area (Å²) < 4.78 is 10.7. The van der Waals surface area contributed by atoms with Gasteiger partial charge in [0.1, 0.15) is 5.75 Å². The summed E-state index contributed by atoms with van der Waals surface area (Å²) in [5.74, 6) is 2.31. The van der Waals surface area contributed by atoms with E-state index in [0.29, 0.717) is 24.8 Å². The molecule has 1 aromatic heterocycles. The highest BCUT2D eigenvalue weighted by Crippen LogP contribution is 2.26. The number of hydrogen-bond donors (Lipinski definition) is 0. The highest BCUT2D eigenvalue weighted by molar-refractivity contribution is 5.78. The molecule has 0 spiro atoms. The third-order valence-electron chi connectivity index (χ3n) is 6.73. The van der Waals surface area contributed by atoms with Gasteiger partial charge in [-0.05, 0) is 54.6 Å². The average molecular weight is 477 g/mol. The summed E-state index contributed by atoms with van der Waals surface area (Å²) >= 11 is 0. The van der Waals surface area contributed by atoms with Gasteiger partial charge in [0.15, 0.2) is 0 Å². The minimum Gasteiger partial charge on any atom is -0.497 e. The largest absolute Gasteiger partial charge is 0.497 e. The minimum absolute atomic E-state index is 0.0501. The van der Waals surface area contributed by atoms with Crippen LogP contribution in [0, 0.1) is 5.92 Å². The molecule has 35 heavy (non-hydrogen) atoms. The van der Waals surface area contributed by atoms with Gasteiger partial charge in [-0.25, -0.2) is 0 Å². The molecule has 0 saturated carbocycles. The molecule has 0 unspecified atom stereocenters. The smallest absolute Gasteiger partial charge is 0.241 e. The molecule has 7 heteroatoms. The van der Waals surface area contributed by atoms with Crippen molar-refractivity contribution < 1.29 is 14.1 Å². The zero-order valence-corrected chi connectivity index (χ0v) is 21.5. The molecule has 2 aromatic carbocycles. The number of ether oxygens (including phenoxy) is 1. The second kappa shape index (κ2) is 10.6. The summed E-state index contributed by atoms with van der Waals surface area (Å²) in [7, 11) is 3.53. The lowest BCUT2D eigenvalue weighted by Gasteiger charge is -2.32. The van der Waals surface area contributed by atoms with Crippen LogP contribution in [0.15, 0.2) is 53.1 Å². The van der Waals surface area contributed by atoms with E-state index >= 15 is 0 Å². The van der Waals surface area contributed by atoms with E-state index in [0.717, 1.165) is 42.8 Å². The zero-order valence-electron chi connectivity index (χ0n) is 21.5. The number of amides is 1. The number of carbonyl (C=O) groups is 1. The van der Waals surface area contributed by atoms with Crippen LogP contribution in [0.3, 0.4) is 0 Å². The lowest BCUT2D eigenvalue weighted by atomic mass is 9.87. The van der Waals surface area contributed by atoms with Crippen LogP contribution >= 0.6 is 0 Å². The summed E-state index contributed by atoms with van der Waals surface area (Å²) in [5.41, 5.74) is 3.44. The van der Waals surface area contributed by atoms with Crippen LogP contribution in [0.5, 0.6) is 5.75 Å². The Morgan fingerprint density at radius 3 is 2.34 bits per heavy atom. The maximum absolute atomic E-state index is 13.0. The van der Waals surface area contributed by atoms with Crippen LogP contribution in [-0.4, -0.2) is 53.1 Å². The molecule has 1 aliphatic rings. The Bertz CT molecular complexity index is 1110. The lowest BCUT2D eigenvalue weighted by Crippen LogP contribution is -2.40. The fraction of sp³-hybridized carbons (Fsp3) is 0.464. The second-order valence-corrected chi connectivity index (χ2v) is 10.4. The predicted octanol–water partition coefficient (Wildman–Crippen LogP) is 4.91. The molecule has 186 valence electrons. The molecule has 1 amide bonds. The third-order valence-corrected chi connectivity index (χ3v) is 6.73. The summed E-state index contributed by atoms with van der Waals surface area (Å²) in [6.07, 6.45) is 1.67. The molecule has 0 N–H and O–H groups in total. The topological polar surface area (TPSA) is 71.7 Å². The first-order valence-corrected chi connectivity index (χ1v) is 12.3. The first kappa shape index (κ1) is 24.9. The summed E-state index contributed by atoms with van der Waals surface area (Å²) in [6, 6.07) is 16.2. The van der Waals surface area contributed by atoms with Gasteiger partial charge in [-0.1, -0.05) is 62.3 Å². The summed E-state index contributed by atoms with van der Waals surface area (Å²) in [5, 5.41) is 4.18. The molecule has 2 heterocycles. The number of hydrogen-bond acceptors (Lipinski definition) is 6. The van der Waals surface area contributed by atoms with Gasteiger partial charge in [-0.3, -0.25) is 9.69 Å². The molecule has 7 nitrogen and oxygen atoms in total. The van der Waals surface area contributed by atoms with Crippen molar-refractivity contribution in [3.05, 3.63) is 65.5 Å². The van der Waals surface area contributed by atoms with E-state index in [1.54, 1.807) is 7.11 Å². The fourth-order valence-electron chi connectivity index (χ4n) is 4.48. The Morgan fingerprint density at radius 2 is 1.74 bits per heavy atom. The molecule has 4 rings (SSSR count). The van der Waals surface area contributed by atoms with Crippen LogP contribution in [-0.2, 0) is 23.3 Å². The van der Waals surface area contributed by atoms with Gasteiger partial charge >= 0.3 is 0 Å². The first-order valence-electron chi connectivity index (χ1n) is 12.3. The maximum Gasteiger partial charge on any atom is 0.241 e. The molecule has 1 fully saturated rings. The first-order chi connectivity index (χ1) is 16.7. The molecular formula is C28H36N4O3. The highest BCUT2D eigenvalue weighted by atomic mass is 16.5. The molecule has 1 saturated heterocycles. The molecule has 0 bridgehead atoms. The van der Waals surface area contributed by atoms with Gasteiger partial charge in [-0.15, -0.1) is 0 Å². The Kier molecular flexibility index (Phi) is 7.55. The van der Waals surface area contributed by atoms with Gasteiger partial charge in [0.2, 0.25) is 17.6 Å². The Labute approximate surface area is 208 Å². The van der Waals surface area contributed by atoms with Crippen molar-refractivity contribution in [2.45, 2.75) is 52.1 Å². The Hall–Kier alpha value is -3.19. The van der Waals surface area contributed by atoms with Crippen molar-refractivity contribution in [2.75, 3.05) is 27.2 Å². The Balaban J connectivity index is 1.27. The van der Waals surface area contributed by atoms with Crippen molar-refractivity contribution in [2.24, 2.45) is 5.92 Å². The van der Waals surface area contributed by atoms with E-state index in [-0.39, 0.29) is 17.2 Å². The fourth-order valence-corrected chi connectivity index (χ4v) is 4.48. The molecule has 0 radical (unpaired) electrons. The molecule has 0 aliphatic carbocycles. The van der Waals surface area contributed by atoms with Crippen molar-refractivity contribution in [1.82, 2.24) is 19.9 Å². The van der Waals surface area contributed by atoms with Crippen LogP contribution in [0.25, 0.3) is 11.4 Å².